The number of hydrogen-bond donors (Lipinski definition) is 0. The van der Waals surface area contributed by atoms with E-state index in [1.807, 2.05) is 24.3 Å². The van der Waals surface area contributed by atoms with Crippen molar-refractivity contribution in [3.8, 4) is 11.8 Å². The molecule has 1 aromatic carbocycles. The molecule has 0 fully saturated rings. The van der Waals surface area contributed by atoms with Crippen LogP contribution in [0.25, 0.3) is 0 Å². The molecule has 0 aliphatic rings. The SMILES string of the molecule is Cc1cc(OCc2cccnc2C#N)ccc1C(C)C. The van der Waals surface area contributed by atoms with Gasteiger partial charge in [-0.25, -0.2) is 4.98 Å². The third kappa shape index (κ3) is 3.16. The van der Waals surface area contributed by atoms with Crippen LogP contribution in [0.3, 0.4) is 0 Å². The van der Waals surface area contributed by atoms with Crippen LogP contribution in [0.15, 0.2) is 36.5 Å². The Morgan fingerprint density at radius 1 is 1.30 bits per heavy atom. The van der Waals surface area contributed by atoms with Crippen LogP contribution < -0.4 is 4.74 Å². The third-order valence-electron chi connectivity index (χ3n) is 3.25. The lowest BCUT2D eigenvalue weighted by molar-refractivity contribution is 0.305. The zero-order valence-electron chi connectivity index (χ0n) is 12.1. The molecule has 1 heterocycles. The zero-order chi connectivity index (χ0) is 14.5. The average Bonchev–Trinajstić information content (AvgIpc) is 2.45. The number of benzene rings is 1. The minimum absolute atomic E-state index is 0.358. The van der Waals surface area contributed by atoms with Gasteiger partial charge in [0.25, 0.3) is 0 Å². The molecule has 0 saturated heterocycles. The van der Waals surface area contributed by atoms with Crippen LogP contribution in [0.2, 0.25) is 0 Å². The predicted molar refractivity (Wildman–Crippen MR) is 78.6 cm³/mol. The Bertz CT molecular complexity index is 642. The number of aromatic nitrogens is 1. The Hall–Kier alpha value is -2.34. The number of hydrogen-bond acceptors (Lipinski definition) is 3. The molecule has 0 aliphatic carbocycles. The van der Waals surface area contributed by atoms with Crippen LogP contribution in [0.5, 0.6) is 5.75 Å². The second-order valence-electron chi connectivity index (χ2n) is 5.08. The zero-order valence-corrected chi connectivity index (χ0v) is 12.1. The number of ether oxygens (including phenoxy) is 1. The van der Waals surface area contributed by atoms with E-state index in [1.54, 1.807) is 6.20 Å². The van der Waals surface area contributed by atoms with E-state index in [0.717, 1.165) is 11.3 Å². The van der Waals surface area contributed by atoms with Gasteiger partial charge in [0.2, 0.25) is 0 Å². The van der Waals surface area contributed by atoms with E-state index in [2.05, 4.69) is 37.9 Å². The van der Waals surface area contributed by atoms with Crippen LogP contribution in [0.4, 0.5) is 0 Å². The summed E-state index contributed by atoms with van der Waals surface area (Å²) in [4.78, 5) is 4.02. The van der Waals surface area contributed by atoms with Gasteiger partial charge in [-0.15, -0.1) is 0 Å². The number of nitrogens with zero attached hydrogens (tertiary/aromatic N) is 2. The molecule has 1 aromatic heterocycles. The quantitative estimate of drug-likeness (QED) is 0.841. The van der Waals surface area contributed by atoms with E-state index < -0.39 is 0 Å². The first-order valence-corrected chi connectivity index (χ1v) is 6.69. The Balaban J connectivity index is 2.12. The molecule has 0 unspecified atom stereocenters. The average molecular weight is 266 g/mol. The first-order chi connectivity index (χ1) is 9.61. The van der Waals surface area contributed by atoms with E-state index in [-0.39, 0.29) is 0 Å². The van der Waals surface area contributed by atoms with Gasteiger partial charge in [0.15, 0.2) is 0 Å². The third-order valence-corrected chi connectivity index (χ3v) is 3.25. The second kappa shape index (κ2) is 6.21. The van der Waals surface area contributed by atoms with Crippen molar-refractivity contribution in [2.75, 3.05) is 0 Å². The van der Waals surface area contributed by atoms with Crippen LogP contribution in [0.1, 0.15) is 42.1 Å². The first kappa shape index (κ1) is 14.1. The van der Waals surface area contributed by atoms with Crippen molar-refractivity contribution in [1.82, 2.24) is 4.98 Å². The number of pyridine rings is 1. The van der Waals surface area contributed by atoms with Crippen molar-refractivity contribution in [1.29, 1.82) is 5.26 Å². The Morgan fingerprint density at radius 3 is 2.75 bits per heavy atom. The van der Waals surface area contributed by atoms with Crippen LogP contribution in [-0.2, 0) is 6.61 Å². The number of nitriles is 1. The first-order valence-electron chi connectivity index (χ1n) is 6.69. The molecule has 2 rings (SSSR count). The monoisotopic (exact) mass is 266 g/mol. The van der Waals surface area contributed by atoms with Gasteiger partial charge < -0.3 is 4.74 Å². The van der Waals surface area contributed by atoms with Crippen molar-refractivity contribution >= 4 is 0 Å². The van der Waals surface area contributed by atoms with E-state index in [0.29, 0.717) is 18.2 Å². The highest BCUT2D eigenvalue weighted by Gasteiger charge is 2.06. The van der Waals surface area contributed by atoms with Crippen molar-refractivity contribution in [3.63, 3.8) is 0 Å². The summed E-state index contributed by atoms with van der Waals surface area (Å²) in [5.41, 5.74) is 3.78. The molecule has 0 atom stereocenters. The van der Waals surface area contributed by atoms with Gasteiger partial charge in [-0.2, -0.15) is 5.26 Å². The van der Waals surface area contributed by atoms with Crippen molar-refractivity contribution in [3.05, 3.63) is 58.9 Å². The fraction of sp³-hybridized carbons (Fsp3) is 0.294. The minimum Gasteiger partial charge on any atom is -0.489 e. The standard InChI is InChI=1S/C17H18N2O/c1-12(2)16-7-6-15(9-13(16)3)20-11-14-5-4-8-19-17(14)10-18/h4-9,12H,11H2,1-3H3. The van der Waals surface area contributed by atoms with Crippen LogP contribution in [-0.4, -0.2) is 4.98 Å². The summed E-state index contributed by atoms with van der Waals surface area (Å²) < 4.78 is 5.76. The summed E-state index contributed by atoms with van der Waals surface area (Å²) in [6, 6.07) is 11.9. The maximum atomic E-state index is 8.99. The molecule has 0 N–H and O–H groups in total. The summed E-state index contributed by atoms with van der Waals surface area (Å²) in [6.45, 7) is 6.81. The molecular formula is C17H18N2O. The lowest BCUT2D eigenvalue weighted by Gasteiger charge is -2.12. The van der Waals surface area contributed by atoms with Gasteiger partial charge in [0.05, 0.1) is 0 Å². The van der Waals surface area contributed by atoms with E-state index in [4.69, 9.17) is 10.00 Å². The lowest BCUT2D eigenvalue weighted by Crippen LogP contribution is -2.00. The Morgan fingerprint density at radius 2 is 2.10 bits per heavy atom. The lowest BCUT2D eigenvalue weighted by atomic mass is 9.98. The minimum atomic E-state index is 0.358. The molecule has 20 heavy (non-hydrogen) atoms. The predicted octanol–water partition coefficient (Wildman–Crippen LogP) is 3.96. The maximum absolute atomic E-state index is 8.99. The fourth-order valence-corrected chi connectivity index (χ4v) is 2.20. The molecular weight excluding hydrogens is 248 g/mol. The molecule has 0 amide bonds. The van der Waals surface area contributed by atoms with Gasteiger partial charge in [-0.05, 0) is 42.2 Å². The highest BCUT2D eigenvalue weighted by molar-refractivity contribution is 5.37. The Kier molecular flexibility index (Phi) is 4.37. The molecule has 0 aliphatic heterocycles. The highest BCUT2D eigenvalue weighted by atomic mass is 16.5. The van der Waals surface area contributed by atoms with Gasteiger partial charge in [-0.3, -0.25) is 0 Å². The number of rotatable bonds is 4. The molecule has 0 radical (unpaired) electrons. The smallest absolute Gasteiger partial charge is 0.147 e. The molecule has 0 bridgehead atoms. The van der Waals surface area contributed by atoms with E-state index >= 15 is 0 Å². The molecule has 2 aromatic rings. The van der Waals surface area contributed by atoms with E-state index in [9.17, 15) is 0 Å². The van der Waals surface area contributed by atoms with E-state index in [1.165, 1.54) is 11.1 Å². The van der Waals surface area contributed by atoms with Crippen molar-refractivity contribution in [2.24, 2.45) is 0 Å². The summed E-state index contributed by atoms with van der Waals surface area (Å²) in [6.07, 6.45) is 1.61. The van der Waals surface area contributed by atoms with Crippen molar-refractivity contribution in [2.45, 2.75) is 33.3 Å². The van der Waals surface area contributed by atoms with Gasteiger partial charge in [0.1, 0.15) is 24.1 Å². The fourth-order valence-electron chi connectivity index (χ4n) is 2.20. The molecule has 3 heteroatoms. The summed E-state index contributed by atoms with van der Waals surface area (Å²) >= 11 is 0. The molecule has 102 valence electrons. The number of aryl methyl sites for hydroxylation is 1. The molecule has 0 spiro atoms. The summed E-state index contributed by atoms with van der Waals surface area (Å²) in [7, 11) is 0. The maximum Gasteiger partial charge on any atom is 0.147 e. The summed E-state index contributed by atoms with van der Waals surface area (Å²) in [5, 5.41) is 8.99. The second-order valence-corrected chi connectivity index (χ2v) is 5.08. The largest absolute Gasteiger partial charge is 0.489 e. The molecule has 3 nitrogen and oxygen atoms in total. The van der Waals surface area contributed by atoms with Crippen LogP contribution >= 0.6 is 0 Å². The highest BCUT2D eigenvalue weighted by Crippen LogP contribution is 2.24. The topological polar surface area (TPSA) is 45.9 Å². The van der Waals surface area contributed by atoms with Gasteiger partial charge in [0, 0.05) is 11.8 Å². The normalized spacial score (nSPS) is 10.3. The van der Waals surface area contributed by atoms with Gasteiger partial charge >= 0.3 is 0 Å². The Labute approximate surface area is 119 Å². The van der Waals surface area contributed by atoms with Crippen LogP contribution in [0, 0.1) is 18.3 Å². The van der Waals surface area contributed by atoms with Crippen molar-refractivity contribution < 1.29 is 4.74 Å². The van der Waals surface area contributed by atoms with Gasteiger partial charge in [-0.1, -0.05) is 26.0 Å². The summed E-state index contributed by atoms with van der Waals surface area (Å²) in [5.74, 6) is 1.33. The molecule has 0 saturated carbocycles.